The number of hydrogen-bond acceptors (Lipinski definition) is 3. The first kappa shape index (κ1) is 15.8. The van der Waals surface area contributed by atoms with Crippen LogP contribution in [-0.4, -0.2) is 19.4 Å². The summed E-state index contributed by atoms with van der Waals surface area (Å²) in [7, 11) is -4.07. The smallest absolute Gasteiger partial charge is 0.265 e. The van der Waals surface area contributed by atoms with Gasteiger partial charge < -0.3 is 0 Å². The number of hydrogen-bond donors (Lipinski definition) is 0. The van der Waals surface area contributed by atoms with Crippen LogP contribution in [0.2, 0.25) is 0 Å². The summed E-state index contributed by atoms with van der Waals surface area (Å²) < 4.78 is 65.4. The van der Waals surface area contributed by atoms with Gasteiger partial charge in [0.15, 0.2) is 0 Å². The molecule has 1 aromatic carbocycles. The van der Waals surface area contributed by atoms with Gasteiger partial charge in [0.05, 0.1) is 16.1 Å². The Morgan fingerprint density at radius 1 is 1.09 bits per heavy atom. The van der Waals surface area contributed by atoms with Crippen molar-refractivity contribution in [3.8, 4) is 0 Å². The molecule has 1 aliphatic rings. The van der Waals surface area contributed by atoms with Gasteiger partial charge in [-0.1, -0.05) is 6.07 Å². The first-order valence-corrected chi connectivity index (χ1v) is 8.36. The largest absolute Gasteiger partial charge is 0.416 e. The molecule has 0 saturated heterocycles. The summed E-state index contributed by atoms with van der Waals surface area (Å²) in [6.07, 6.45) is -0.327. The van der Waals surface area contributed by atoms with Crippen LogP contribution in [0.1, 0.15) is 18.4 Å². The minimum absolute atomic E-state index is 0.225. The van der Waals surface area contributed by atoms with Crippen molar-refractivity contribution < 1.29 is 21.6 Å². The van der Waals surface area contributed by atoms with Gasteiger partial charge in [-0.2, -0.15) is 13.2 Å². The lowest BCUT2D eigenvalue weighted by molar-refractivity contribution is -0.137. The molecule has 0 radical (unpaired) electrons. The van der Waals surface area contributed by atoms with Crippen LogP contribution in [0.3, 0.4) is 0 Å². The maximum absolute atomic E-state index is 12.8. The second kappa shape index (κ2) is 5.52. The molecule has 0 spiro atoms. The summed E-state index contributed by atoms with van der Waals surface area (Å²) >= 11 is 0. The Kier molecular flexibility index (Phi) is 3.79. The molecule has 0 unspecified atom stereocenters. The fourth-order valence-corrected chi connectivity index (χ4v) is 4.05. The molecule has 1 saturated carbocycles. The zero-order valence-electron chi connectivity index (χ0n) is 11.9. The second-order valence-corrected chi connectivity index (χ2v) is 7.08. The highest BCUT2D eigenvalue weighted by Gasteiger charge is 2.39. The van der Waals surface area contributed by atoms with Gasteiger partial charge in [-0.25, -0.2) is 8.42 Å². The zero-order valence-corrected chi connectivity index (χ0v) is 12.7. The average molecular weight is 342 g/mol. The number of pyridine rings is 1. The van der Waals surface area contributed by atoms with Gasteiger partial charge in [-0.05, 0) is 43.2 Å². The fourth-order valence-electron chi connectivity index (χ4n) is 2.29. The van der Waals surface area contributed by atoms with Gasteiger partial charge in [0, 0.05) is 18.4 Å². The number of alkyl halides is 3. The molecule has 0 N–H and O–H groups in total. The van der Waals surface area contributed by atoms with Crippen molar-refractivity contribution in [2.24, 2.45) is 0 Å². The number of halogens is 3. The highest BCUT2D eigenvalue weighted by atomic mass is 32.2. The molecular formula is C15H13F3N2O2S. The Hall–Kier alpha value is -2.09. The monoisotopic (exact) mass is 342 g/mol. The Morgan fingerprint density at radius 3 is 2.30 bits per heavy atom. The van der Waals surface area contributed by atoms with E-state index >= 15 is 0 Å². The predicted molar refractivity (Wildman–Crippen MR) is 78.4 cm³/mol. The van der Waals surface area contributed by atoms with Gasteiger partial charge in [0.1, 0.15) is 0 Å². The predicted octanol–water partition coefficient (Wildman–Crippen LogP) is 3.46. The van der Waals surface area contributed by atoms with E-state index in [9.17, 15) is 21.6 Å². The third kappa shape index (κ3) is 3.17. The molecule has 3 rings (SSSR count). The molecule has 122 valence electrons. The number of sulfonamides is 1. The molecule has 8 heteroatoms. The number of nitrogens with zero attached hydrogens (tertiary/aromatic N) is 2. The van der Waals surface area contributed by atoms with E-state index in [2.05, 4.69) is 4.98 Å². The van der Waals surface area contributed by atoms with Gasteiger partial charge in [-0.3, -0.25) is 9.29 Å². The van der Waals surface area contributed by atoms with Crippen molar-refractivity contribution in [3.63, 3.8) is 0 Å². The molecule has 1 heterocycles. The van der Waals surface area contributed by atoms with Crippen molar-refractivity contribution in [2.75, 3.05) is 4.31 Å². The summed E-state index contributed by atoms with van der Waals surface area (Å²) in [5.74, 6) is 0. The lowest BCUT2D eigenvalue weighted by Crippen LogP contribution is -2.33. The SMILES string of the molecule is O=S(=O)(c1cccc(C(F)(F)F)c1)N(c1ccncc1)C1CC1. The van der Waals surface area contributed by atoms with E-state index in [1.54, 1.807) is 0 Å². The van der Waals surface area contributed by atoms with Gasteiger partial charge >= 0.3 is 6.18 Å². The summed E-state index contributed by atoms with van der Waals surface area (Å²) in [5, 5.41) is 0. The Balaban J connectivity index is 2.06. The van der Waals surface area contributed by atoms with Crippen LogP contribution >= 0.6 is 0 Å². The fraction of sp³-hybridized carbons (Fsp3) is 0.267. The molecule has 0 aliphatic heterocycles. The standard InChI is InChI=1S/C15H13F3N2O2S/c16-15(17,18)11-2-1-3-14(10-11)23(21,22)20(12-4-5-12)13-6-8-19-9-7-13/h1-3,6-10,12H,4-5H2. The molecule has 2 aromatic rings. The second-order valence-electron chi connectivity index (χ2n) is 5.26. The number of aromatic nitrogens is 1. The molecule has 1 aliphatic carbocycles. The minimum Gasteiger partial charge on any atom is -0.265 e. The lowest BCUT2D eigenvalue weighted by Gasteiger charge is -2.24. The maximum atomic E-state index is 12.8. The van der Waals surface area contributed by atoms with Crippen LogP contribution in [-0.2, 0) is 16.2 Å². The van der Waals surface area contributed by atoms with Crippen LogP contribution in [0.15, 0.2) is 53.7 Å². The van der Waals surface area contributed by atoms with E-state index < -0.39 is 21.8 Å². The molecule has 23 heavy (non-hydrogen) atoms. The van der Waals surface area contributed by atoms with E-state index in [1.165, 1.54) is 34.9 Å². The maximum Gasteiger partial charge on any atom is 0.416 e. The summed E-state index contributed by atoms with van der Waals surface area (Å²) in [5.41, 5.74) is -0.580. The summed E-state index contributed by atoms with van der Waals surface area (Å²) in [6, 6.07) is 6.65. The van der Waals surface area contributed by atoms with E-state index in [4.69, 9.17) is 0 Å². The molecule has 0 bridgehead atoms. The Bertz CT molecular complexity index is 803. The molecule has 4 nitrogen and oxygen atoms in total. The molecule has 0 amide bonds. The van der Waals surface area contributed by atoms with Crippen LogP contribution in [0.5, 0.6) is 0 Å². The van der Waals surface area contributed by atoms with Crippen molar-refractivity contribution in [1.82, 2.24) is 4.98 Å². The molecule has 1 fully saturated rings. The van der Waals surface area contributed by atoms with E-state index in [0.717, 1.165) is 12.1 Å². The van der Waals surface area contributed by atoms with Crippen LogP contribution in [0, 0.1) is 0 Å². The van der Waals surface area contributed by atoms with E-state index in [0.29, 0.717) is 24.6 Å². The van der Waals surface area contributed by atoms with Crippen molar-refractivity contribution >= 4 is 15.7 Å². The highest BCUT2D eigenvalue weighted by molar-refractivity contribution is 7.92. The molecular weight excluding hydrogens is 329 g/mol. The van der Waals surface area contributed by atoms with Crippen LogP contribution in [0.25, 0.3) is 0 Å². The minimum atomic E-state index is -4.59. The number of benzene rings is 1. The quantitative estimate of drug-likeness (QED) is 0.855. The average Bonchev–Trinajstić information content (AvgIpc) is 3.32. The van der Waals surface area contributed by atoms with Gasteiger partial charge in [-0.15, -0.1) is 0 Å². The van der Waals surface area contributed by atoms with Crippen molar-refractivity contribution in [3.05, 3.63) is 54.4 Å². The third-order valence-electron chi connectivity index (χ3n) is 3.51. The molecule has 1 aromatic heterocycles. The zero-order chi connectivity index (χ0) is 16.7. The van der Waals surface area contributed by atoms with Crippen LogP contribution in [0.4, 0.5) is 18.9 Å². The Morgan fingerprint density at radius 2 is 1.74 bits per heavy atom. The highest BCUT2D eigenvalue weighted by Crippen LogP contribution is 2.37. The molecule has 0 atom stereocenters. The topological polar surface area (TPSA) is 50.3 Å². The normalized spacial score (nSPS) is 15.4. The van der Waals surface area contributed by atoms with E-state index in [-0.39, 0.29) is 10.9 Å². The Labute approximate surface area is 131 Å². The van der Waals surface area contributed by atoms with Gasteiger partial charge in [0.25, 0.3) is 10.0 Å². The van der Waals surface area contributed by atoms with Crippen molar-refractivity contribution in [1.29, 1.82) is 0 Å². The third-order valence-corrected chi connectivity index (χ3v) is 5.39. The van der Waals surface area contributed by atoms with E-state index in [1.807, 2.05) is 0 Å². The van der Waals surface area contributed by atoms with Gasteiger partial charge in [0.2, 0.25) is 0 Å². The van der Waals surface area contributed by atoms with Crippen LogP contribution < -0.4 is 4.31 Å². The number of anilines is 1. The van der Waals surface area contributed by atoms with Crippen molar-refractivity contribution in [2.45, 2.75) is 30.0 Å². The first-order chi connectivity index (χ1) is 10.8. The first-order valence-electron chi connectivity index (χ1n) is 6.92. The summed E-state index contributed by atoms with van der Waals surface area (Å²) in [6.45, 7) is 0. The number of rotatable bonds is 4. The summed E-state index contributed by atoms with van der Waals surface area (Å²) in [4.78, 5) is 3.47. The lowest BCUT2D eigenvalue weighted by atomic mass is 10.2.